The molecule has 0 radical (unpaired) electrons. The predicted octanol–water partition coefficient (Wildman–Crippen LogP) is 5.61. The molecule has 5 rings (SSSR count). The van der Waals surface area contributed by atoms with Crippen molar-refractivity contribution in [3.8, 4) is 5.75 Å². The lowest BCUT2D eigenvalue weighted by atomic mass is 9.92. The number of ether oxygens (including phenoxy) is 1. The Labute approximate surface area is 179 Å². The minimum absolute atomic E-state index is 0.0949. The van der Waals surface area contributed by atoms with Crippen LogP contribution in [-0.2, 0) is 13.2 Å². The van der Waals surface area contributed by atoms with E-state index in [-0.39, 0.29) is 11.5 Å². The Morgan fingerprint density at radius 3 is 2.77 bits per heavy atom. The number of hydrogen-bond donors (Lipinski definition) is 1. The second-order valence-electron chi connectivity index (χ2n) is 8.36. The van der Waals surface area contributed by atoms with Crippen molar-refractivity contribution >= 4 is 22.7 Å². The van der Waals surface area contributed by atoms with Crippen LogP contribution in [0.2, 0.25) is 0 Å². The molecule has 4 nitrogen and oxygen atoms in total. The fraction of sp³-hybridized carbons (Fsp3) is 0.192. The summed E-state index contributed by atoms with van der Waals surface area (Å²) >= 11 is 0. The normalized spacial score (nSPS) is 14.4. The molecule has 3 aromatic carbocycles. The molecular formula is C26H23FN2O2. The number of fused-ring (bicyclic) bond motifs is 3. The number of nitrogens with one attached hydrogen (secondary N) is 1. The largest absolute Gasteiger partial charge is 0.488 e. The molecule has 5 heteroatoms. The zero-order valence-corrected chi connectivity index (χ0v) is 17.5. The van der Waals surface area contributed by atoms with Crippen molar-refractivity contribution in [1.82, 2.24) is 9.55 Å². The van der Waals surface area contributed by atoms with Crippen molar-refractivity contribution < 1.29 is 9.13 Å². The van der Waals surface area contributed by atoms with E-state index < -0.39 is 0 Å². The molecule has 0 amide bonds. The molecule has 0 atom stereocenters. The van der Waals surface area contributed by atoms with Crippen LogP contribution in [-0.4, -0.2) is 9.55 Å². The lowest BCUT2D eigenvalue weighted by molar-refractivity contribution is 0.305. The molecule has 156 valence electrons. The third kappa shape index (κ3) is 3.56. The molecule has 1 N–H and O–H groups in total. The highest BCUT2D eigenvalue weighted by Gasteiger charge is 2.20. The summed E-state index contributed by atoms with van der Waals surface area (Å²) in [5.74, 6) is 0.576. The van der Waals surface area contributed by atoms with E-state index in [1.165, 1.54) is 12.1 Å². The highest BCUT2D eigenvalue weighted by atomic mass is 19.1. The van der Waals surface area contributed by atoms with Crippen molar-refractivity contribution in [2.45, 2.75) is 27.0 Å². The number of aromatic nitrogens is 2. The summed E-state index contributed by atoms with van der Waals surface area (Å²) in [6.07, 6.45) is 2.07. The molecular weight excluding hydrogens is 391 g/mol. The average molecular weight is 414 g/mol. The molecule has 1 aliphatic heterocycles. The molecule has 0 spiro atoms. The number of hydrogen-bond acceptors (Lipinski definition) is 2. The Morgan fingerprint density at radius 2 is 1.94 bits per heavy atom. The second kappa shape index (κ2) is 7.58. The first-order chi connectivity index (χ1) is 15.0. The van der Waals surface area contributed by atoms with Gasteiger partial charge in [0.1, 0.15) is 18.2 Å². The van der Waals surface area contributed by atoms with E-state index in [0.29, 0.717) is 24.8 Å². The second-order valence-corrected chi connectivity index (χ2v) is 8.36. The van der Waals surface area contributed by atoms with Crippen molar-refractivity contribution in [2.24, 2.45) is 5.92 Å². The number of H-pyrrole nitrogens is 1. The smallest absolute Gasteiger partial charge is 0.326 e. The first-order valence-corrected chi connectivity index (χ1v) is 10.4. The van der Waals surface area contributed by atoms with Crippen LogP contribution in [0.25, 0.3) is 22.7 Å². The summed E-state index contributed by atoms with van der Waals surface area (Å²) in [5.41, 5.74) is 6.46. The Morgan fingerprint density at radius 1 is 1.10 bits per heavy atom. The standard InChI is InChI=1S/C26H23FN2O2/c1-16(2)14-29-24-10-7-17(12-23(24)28-26(29)30)11-22-20-6-4-3-5-18(20)15-31-25-13-19(27)8-9-21(22)25/h3-13,16H,14-15H2,1-2H3,(H,28,30)/b22-11-. The third-order valence-electron chi connectivity index (χ3n) is 5.58. The van der Waals surface area contributed by atoms with Crippen LogP contribution in [0.1, 0.15) is 36.1 Å². The van der Waals surface area contributed by atoms with Crippen LogP contribution in [0.3, 0.4) is 0 Å². The molecule has 31 heavy (non-hydrogen) atoms. The fourth-order valence-electron chi connectivity index (χ4n) is 4.19. The first-order valence-electron chi connectivity index (χ1n) is 10.4. The van der Waals surface area contributed by atoms with Crippen LogP contribution < -0.4 is 10.4 Å². The molecule has 1 aliphatic rings. The number of imidazole rings is 1. The van der Waals surface area contributed by atoms with Crippen molar-refractivity contribution in [2.75, 3.05) is 0 Å². The summed E-state index contributed by atoms with van der Waals surface area (Å²) in [5, 5.41) is 0. The molecule has 2 heterocycles. The predicted molar refractivity (Wildman–Crippen MR) is 122 cm³/mol. The van der Waals surface area contributed by atoms with E-state index in [1.807, 2.05) is 36.4 Å². The van der Waals surface area contributed by atoms with Gasteiger partial charge in [0.2, 0.25) is 0 Å². The Balaban J connectivity index is 1.68. The van der Waals surface area contributed by atoms with Crippen LogP contribution in [0.4, 0.5) is 4.39 Å². The Bertz CT molecular complexity index is 1380. The van der Waals surface area contributed by atoms with Crippen LogP contribution in [0.5, 0.6) is 5.75 Å². The van der Waals surface area contributed by atoms with Gasteiger partial charge in [-0.05, 0) is 58.5 Å². The van der Waals surface area contributed by atoms with Gasteiger partial charge in [-0.15, -0.1) is 0 Å². The summed E-state index contributed by atoms with van der Waals surface area (Å²) in [6, 6.07) is 18.7. The third-order valence-corrected chi connectivity index (χ3v) is 5.58. The van der Waals surface area contributed by atoms with E-state index in [1.54, 1.807) is 10.6 Å². The number of benzene rings is 3. The van der Waals surface area contributed by atoms with E-state index >= 15 is 0 Å². The van der Waals surface area contributed by atoms with Crippen LogP contribution in [0, 0.1) is 11.7 Å². The SMILES string of the molecule is CC(C)Cn1c(=O)[nH]c2cc(/C=C3/c4ccccc4COc4cc(F)ccc43)ccc21. The maximum absolute atomic E-state index is 13.9. The van der Waals surface area contributed by atoms with Gasteiger partial charge in [-0.3, -0.25) is 4.57 Å². The molecule has 0 aliphatic carbocycles. The van der Waals surface area contributed by atoms with E-state index in [0.717, 1.165) is 38.9 Å². The molecule has 4 aromatic rings. The molecule has 0 saturated heterocycles. The van der Waals surface area contributed by atoms with Gasteiger partial charge in [0, 0.05) is 18.2 Å². The van der Waals surface area contributed by atoms with Gasteiger partial charge in [0.25, 0.3) is 0 Å². The zero-order valence-electron chi connectivity index (χ0n) is 17.5. The highest BCUT2D eigenvalue weighted by Crippen LogP contribution is 2.38. The zero-order chi connectivity index (χ0) is 21.5. The van der Waals surface area contributed by atoms with Gasteiger partial charge in [0.15, 0.2) is 0 Å². The number of nitrogens with zero attached hydrogens (tertiary/aromatic N) is 1. The van der Waals surface area contributed by atoms with Crippen LogP contribution in [0.15, 0.2) is 65.5 Å². The maximum Gasteiger partial charge on any atom is 0.326 e. The topological polar surface area (TPSA) is 47.0 Å². The van der Waals surface area contributed by atoms with Gasteiger partial charge in [-0.25, -0.2) is 9.18 Å². The van der Waals surface area contributed by atoms with Gasteiger partial charge in [-0.2, -0.15) is 0 Å². The van der Waals surface area contributed by atoms with E-state index in [9.17, 15) is 9.18 Å². The van der Waals surface area contributed by atoms with Crippen LogP contribution >= 0.6 is 0 Å². The summed E-state index contributed by atoms with van der Waals surface area (Å²) in [7, 11) is 0. The molecule has 0 saturated carbocycles. The Kier molecular flexibility index (Phi) is 4.74. The summed E-state index contributed by atoms with van der Waals surface area (Å²) < 4.78 is 21.6. The van der Waals surface area contributed by atoms with Gasteiger partial charge >= 0.3 is 5.69 Å². The number of aromatic amines is 1. The summed E-state index contributed by atoms with van der Waals surface area (Å²) in [6.45, 7) is 5.24. The number of rotatable bonds is 3. The summed E-state index contributed by atoms with van der Waals surface area (Å²) in [4.78, 5) is 15.4. The van der Waals surface area contributed by atoms with Gasteiger partial charge in [-0.1, -0.05) is 44.2 Å². The van der Waals surface area contributed by atoms with Crippen molar-refractivity contribution in [3.05, 3.63) is 99.2 Å². The van der Waals surface area contributed by atoms with Gasteiger partial charge < -0.3 is 9.72 Å². The molecule has 0 fully saturated rings. The molecule has 0 unspecified atom stereocenters. The lowest BCUT2D eigenvalue weighted by Gasteiger charge is -2.11. The lowest BCUT2D eigenvalue weighted by Crippen LogP contribution is -2.19. The Hall–Kier alpha value is -3.60. The monoisotopic (exact) mass is 414 g/mol. The van der Waals surface area contributed by atoms with Gasteiger partial charge in [0.05, 0.1) is 11.0 Å². The van der Waals surface area contributed by atoms with E-state index in [2.05, 4.69) is 31.0 Å². The minimum atomic E-state index is -0.324. The molecule has 1 aromatic heterocycles. The van der Waals surface area contributed by atoms with Crippen molar-refractivity contribution in [1.29, 1.82) is 0 Å². The average Bonchev–Trinajstić information content (AvgIpc) is 2.96. The fourth-order valence-corrected chi connectivity index (χ4v) is 4.19. The highest BCUT2D eigenvalue weighted by molar-refractivity contribution is 5.95. The van der Waals surface area contributed by atoms with E-state index in [4.69, 9.17) is 4.74 Å². The maximum atomic E-state index is 13.9. The minimum Gasteiger partial charge on any atom is -0.488 e. The first kappa shape index (κ1) is 19.4. The number of halogens is 1. The van der Waals surface area contributed by atoms with Crippen molar-refractivity contribution in [3.63, 3.8) is 0 Å². The quantitative estimate of drug-likeness (QED) is 0.474. The molecule has 0 bridgehead atoms.